The molecule has 10 heteroatoms. The van der Waals surface area contributed by atoms with Crippen LogP contribution in [0.4, 0.5) is 5.82 Å². The summed E-state index contributed by atoms with van der Waals surface area (Å²) in [5.41, 5.74) is 2.63. The Hall–Kier alpha value is -3.50. The molecule has 2 aliphatic heterocycles. The average molecular weight is 608 g/mol. The number of carbonyl (C=O) groups is 3. The van der Waals surface area contributed by atoms with Gasteiger partial charge in [0.1, 0.15) is 5.82 Å². The molecular weight excluding hydrogens is 572 g/mol. The molecule has 1 aromatic carbocycles. The van der Waals surface area contributed by atoms with Gasteiger partial charge in [0.05, 0.1) is 12.1 Å². The van der Waals surface area contributed by atoms with Crippen molar-refractivity contribution < 1.29 is 14.4 Å². The molecule has 40 heavy (non-hydrogen) atoms. The van der Waals surface area contributed by atoms with Gasteiger partial charge < -0.3 is 24.2 Å². The highest BCUT2D eigenvalue weighted by Gasteiger charge is 2.31. The second kappa shape index (κ2) is 11.9. The van der Waals surface area contributed by atoms with Crippen molar-refractivity contribution in [2.45, 2.75) is 19.5 Å². The summed E-state index contributed by atoms with van der Waals surface area (Å²) >= 11 is 3.54. The molecule has 5 rings (SSSR count). The van der Waals surface area contributed by atoms with Crippen LogP contribution in [0.15, 0.2) is 59.9 Å². The third-order valence-electron chi connectivity index (χ3n) is 7.58. The highest BCUT2D eigenvalue weighted by atomic mass is 79.9. The van der Waals surface area contributed by atoms with Gasteiger partial charge in [0.2, 0.25) is 5.91 Å². The van der Waals surface area contributed by atoms with Gasteiger partial charge in [-0.3, -0.25) is 14.4 Å². The number of likely N-dealkylation sites (tertiary alicyclic amines) is 1. The molecule has 210 valence electrons. The summed E-state index contributed by atoms with van der Waals surface area (Å²) in [6, 6.07) is 9.98. The number of anilines is 1. The second-order valence-electron chi connectivity index (χ2n) is 10.9. The zero-order valence-corrected chi connectivity index (χ0v) is 24.6. The van der Waals surface area contributed by atoms with Crippen molar-refractivity contribution in [2.24, 2.45) is 5.92 Å². The SMILES string of the molecule is C=CC(=O)N1CC(CC(=O)Cn2cc(C(=O)N3CCN(c4ccc(CN(C)C)cn4)CC3)c3cc(Br)ccc32)C1. The van der Waals surface area contributed by atoms with Gasteiger partial charge in [0.15, 0.2) is 5.78 Å². The second-order valence-corrected chi connectivity index (χ2v) is 11.8. The smallest absolute Gasteiger partial charge is 0.256 e. The summed E-state index contributed by atoms with van der Waals surface area (Å²) in [5.74, 6) is 1.07. The minimum absolute atomic E-state index is 0.0270. The molecule has 2 aliphatic rings. The zero-order chi connectivity index (χ0) is 28.4. The number of rotatable bonds is 9. The van der Waals surface area contributed by atoms with Gasteiger partial charge in [-0.15, -0.1) is 0 Å². The van der Waals surface area contributed by atoms with Gasteiger partial charge in [0, 0.05) is 85.9 Å². The summed E-state index contributed by atoms with van der Waals surface area (Å²) < 4.78 is 2.77. The number of aromatic nitrogens is 2. The van der Waals surface area contributed by atoms with Gasteiger partial charge in [-0.05, 0) is 50.0 Å². The zero-order valence-electron chi connectivity index (χ0n) is 23.1. The summed E-state index contributed by atoms with van der Waals surface area (Å²) in [4.78, 5) is 50.9. The van der Waals surface area contributed by atoms with E-state index in [1.165, 1.54) is 11.6 Å². The van der Waals surface area contributed by atoms with Crippen molar-refractivity contribution in [2.75, 3.05) is 58.3 Å². The maximum Gasteiger partial charge on any atom is 0.256 e. The first-order valence-corrected chi connectivity index (χ1v) is 14.4. The number of piperazine rings is 1. The Labute approximate surface area is 243 Å². The first-order chi connectivity index (χ1) is 19.2. The van der Waals surface area contributed by atoms with E-state index in [-0.39, 0.29) is 30.1 Å². The summed E-state index contributed by atoms with van der Waals surface area (Å²) in [6.45, 7) is 8.34. The van der Waals surface area contributed by atoms with Crippen molar-refractivity contribution in [3.05, 3.63) is 71.0 Å². The summed E-state index contributed by atoms with van der Waals surface area (Å²) in [7, 11) is 4.07. The Morgan fingerprint density at radius 2 is 1.82 bits per heavy atom. The summed E-state index contributed by atoms with van der Waals surface area (Å²) in [5, 5.41) is 0.833. The van der Waals surface area contributed by atoms with Crippen LogP contribution in [0.5, 0.6) is 0 Å². The van der Waals surface area contributed by atoms with Crippen LogP contribution in [0.1, 0.15) is 22.3 Å². The van der Waals surface area contributed by atoms with Crippen LogP contribution in [-0.2, 0) is 22.7 Å². The molecule has 0 bridgehead atoms. The highest BCUT2D eigenvalue weighted by molar-refractivity contribution is 9.10. The number of Topliss-reactive ketones (excluding diaryl/α,β-unsaturated/α-hetero) is 1. The molecule has 2 amide bonds. The fourth-order valence-electron chi connectivity index (χ4n) is 5.53. The van der Waals surface area contributed by atoms with Crippen molar-refractivity contribution in [1.29, 1.82) is 0 Å². The Morgan fingerprint density at radius 3 is 2.48 bits per heavy atom. The number of hydrogen-bond donors (Lipinski definition) is 0. The topological polar surface area (TPSA) is 82.0 Å². The summed E-state index contributed by atoms with van der Waals surface area (Å²) in [6.07, 6.45) is 5.46. The number of nitrogens with zero attached hydrogens (tertiary/aromatic N) is 6. The fraction of sp³-hybridized carbons (Fsp3) is 0.400. The first kappa shape index (κ1) is 28.0. The van der Waals surface area contributed by atoms with E-state index in [1.807, 2.05) is 54.2 Å². The van der Waals surface area contributed by atoms with Crippen molar-refractivity contribution in [3.8, 4) is 0 Å². The number of amides is 2. The molecule has 0 spiro atoms. The number of benzene rings is 1. The van der Waals surface area contributed by atoms with Crippen molar-refractivity contribution >= 4 is 50.2 Å². The standard InChI is InChI=1S/C30H35BrN6O3/c1-4-29(39)37-17-22(18-37)13-24(38)19-36-20-26(25-14-23(31)6-7-27(25)36)30(40)35-11-9-34(10-12-35)28-8-5-21(15-32-28)16-33(2)3/h4-8,14-15,20,22H,1,9-13,16-19H2,2-3H3. The molecule has 0 saturated carbocycles. The Bertz CT molecular complexity index is 1420. The monoisotopic (exact) mass is 606 g/mol. The minimum Gasteiger partial charge on any atom is -0.353 e. The first-order valence-electron chi connectivity index (χ1n) is 13.6. The normalized spacial score (nSPS) is 15.9. The van der Waals surface area contributed by atoms with E-state index in [1.54, 1.807) is 4.90 Å². The third kappa shape index (κ3) is 6.13. The molecule has 0 radical (unpaired) electrons. The number of hydrogen-bond acceptors (Lipinski definition) is 6. The molecule has 3 aromatic rings. The third-order valence-corrected chi connectivity index (χ3v) is 8.07. The maximum absolute atomic E-state index is 13.7. The van der Waals surface area contributed by atoms with Crippen LogP contribution >= 0.6 is 15.9 Å². The lowest BCUT2D eigenvalue weighted by Gasteiger charge is -2.38. The van der Waals surface area contributed by atoms with E-state index in [4.69, 9.17) is 0 Å². The number of pyridine rings is 1. The van der Waals surface area contributed by atoms with E-state index in [0.717, 1.165) is 27.7 Å². The highest BCUT2D eigenvalue weighted by Crippen LogP contribution is 2.28. The molecular formula is C30H35BrN6O3. The molecule has 0 N–H and O–H groups in total. The van der Waals surface area contributed by atoms with Crippen LogP contribution in [0.2, 0.25) is 0 Å². The Morgan fingerprint density at radius 1 is 1.07 bits per heavy atom. The molecule has 2 aromatic heterocycles. The lowest BCUT2D eigenvalue weighted by Crippen LogP contribution is -2.50. The minimum atomic E-state index is -0.0937. The van der Waals surface area contributed by atoms with E-state index in [0.29, 0.717) is 51.3 Å². The molecule has 2 fully saturated rings. The number of carbonyl (C=O) groups excluding carboxylic acids is 3. The Kier molecular flexibility index (Phi) is 8.37. The Balaban J connectivity index is 1.24. The van der Waals surface area contributed by atoms with Crippen molar-refractivity contribution in [3.63, 3.8) is 0 Å². The molecule has 2 saturated heterocycles. The predicted octanol–water partition coefficient (Wildman–Crippen LogP) is 3.43. The molecule has 4 heterocycles. The lowest BCUT2D eigenvalue weighted by atomic mass is 9.94. The largest absolute Gasteiger partial charge is 0.353 e. The number of fused-ring (bicyclic) bond motifs is 1. The van der Waals surface area contributed by atoms with Crippen LogP contribution in [0.3, 0.4) is 0 Å². The molecule has 9 nitrogen and oxygen atoms in total. The predicted molar refractivity (Wildman–Crippen MR) is 159 cm³/mol. The fourth-order valence-corrected chi connectivity index (χ4v) is 5.89. The van der Waals surface area contributed by atoms with Crippen LogP contribution < -0.4 is 4.90 Å². The molecule has 0 atom stereocenters. The van der Waals surface area contributed by atoms with Crippen molar-refractivity contribution in [1.82, 2.24) is 24.3 Å². The van der Waals surface area contributed by atoms with Gasteiger partial charge in [-0.1, -0.05) is 28.6 Å². The quantitative estimate of drug-likeness (QED) is 0.347. The van der Waals surface area contributed by atoms with Crippen LogP contribution in [0, 0.1) is 5.92 Å². The average Bonchev–Trinajstić information content (AvgIpc) is 3.26. The van der Waals surface area contributed by atoms with E-state index >= 15 is 0 Å². The van der Waals surface area contributed by atoms with E-state index < -0.39 is 0 Å². The molecule has 0 unspecified atom stereocenters. The number of ketones is 1. The number of halogens is 1. The van der Waals surface area contributed by atoms with Crippen LogP contribution in [-0.4, -0.2) is 95.2 Å². The van der Waals surface area contributed by atoms with Gasteiger partial charge in [0.25, 0.3) is 5.91 Å². The maximum atomic E-state index is 13.7. The lowest BCUT2D eigenvalue weighted by molar-refractivity contribution is -0.134. The van der Waals surface area contributed by atoms with Gasteiger partial charge in [-0.25, -0.2) is 4.98 Å². The van der Waals surface area contributed by atoms with Crippen LogP contribution in [0.25, 0.3) is 10.9 Å². The van der Waals surface area contributed by atoms with E-state index in [9.17, 15) is 14.4 Å². The van der Waals surface area contributed by atoms with Gasteiger partial charge in [-0.2, -0.15) is 0 Å². The molecule has 0 aliphatic carbocycles. The van der Waals surface area contributed by atoms with E-state index in [2.05, 4.69) is 49.4 Å². The van der Waals surface area contributed by atoms with Gasteiger partial charge >= 0.3 is 0 Å².